The topological polar surface area (TPSA) is 64.7 Å². The maximum absolute atomic E-state index is 8.73. The third-order valence-corrected chi connectivity index (χ3v) is 2.40. The van der Waals surface area contributed by atoms with Gasteiger partial charge in [0, 0.05) is 25.3 Å². The number of nitrogens with two attached hydrogens (primary N) is 1. The van der Waals surface area contributed by atoms with Crippen molar-refractivity contribution < 1.29 is 14.6 Å². The first kappa shape index (κ1) is 14.0. The second kappa shape index (κ2) is 8.06. The molecule has 0 aliphatic rings. The van der Waals surface area contributed by atoms with E-state index in [0.29, 0.717) is 26.2 Å². The first-order valence-corrected chi connectivity index (χ1v) is 5.97. The highest BCUT2D eigenvalue weighted by atomic mass is 16.5. The van der Waals surface area contributed by atoms with E-state index in [0.717, 1.165) is 11.3 Å². The number of ether oxygens (including phenoxy) is 2. The quantitative estimate of drug-likeness (QED) is 0.674. The molecule has 1 aromatic rings. The molecular weight excluding hydrogens is 218 g/mol. The number of aliphatic hydroxyl groups excluding tert-OH is 1. The van der Waals surface area contributed by atoms with Gasteiger partial charge in [-0.1, -0.05) is 18.2 Å². The van der Waals surface area contributed by atoms with E-state index >= 15 is 0 Å². The standard InChI is InChI=1S/C13H21NO3/c1-2-16-12-7-4-3-6-11(12)13(10-14)17-9-5-8-15/h3-4,6-7,13,15H,2,5,8-10,14H2,1H3. The van der Waals surface area contributed by atoms with Gasteiger partial charge in [0.15, 0.2) is 0 Å². The maximum Gasteiger partial charge on any atom is 0.125 e. The summed E-state index contributed by atoms with van der Waals surface area (Å²) in [5.41, 5.74) is 6.68. The van der Waals surface area contributed by atoms with Crippen LogP contribution in [-0.4, -0.2) is 31.5 Å². The number of hydrogen-bond donors (Lipinski definition) is 2. The molecule has 0 radical (unpaired) electrons. The van der Waals surface area contributed by atoms with Crippen molar-refractivity contribution in [2.75, 3.05) is 26.4 Å². The largest absolute Gasteiger partial charge is 0.493 e. The molecule has 0 aliphatic heterocycles. The monoisotopic (exact) mass is 239 g/mol. The van der Waals surface area contributed by atoms with Gasteiger partial charge in [0.2, 0.25) is 0 Å². The summed E-state index contributed by atoms with van der Waals surface area (Å²) >= 11 is 0. The van der Waals surface area contributed by atoms with Gasteiger partial charge in [-0.25, -0.2) is 0 Å². The molecule has 1 rings (SSSR count). The molecular formula is C13H21NO3. The molecule has 1 unspecified atom stereocenters. The molecule has 1 atom stereocenters. The Kier molecular flexibility index (Phi) is 6.62. The van der Waals surface area contributed by atoms with E-state index in [1.54, 1.807) is 0 Å². The lowest BCUT2D eigenvalue weighted by molar-refractivity contribution is 0.0470. The van der Waals surface area contributed by atoms with Crippen LogP contribution in [0.25, 0.3) is 0 Å². The molecule has 0 saturated carbocycles. The molecule has 96 valence electrons. The molecule has 0 bridgehead atoms. The summed E-state index contributed by atoms with van der Waals surface area (Å²) in [5, 5.41) is 8.73. The summed E-state index contributed by atoms with van der Waals surface area (Å²) in [6.07, 6.45) is 0.442. The summed E-state index contributed by atoms with van der Waals surface area (Å²) < 4.78 is 11.2. The van der Waals surface area contributed by atoms with Crippen LogP contribution in [0.2, 0.25) is 0 Å². The third kappa shape index (κ3) is 4.34. The SMILES string of the molecule is CCOc1ccccc1C(CN)OCCCO. The van der Waals surface area contributed by atoms with Gasteiger partial charge in [-0.05, 0) is 19.4 Å². The summed E-state index contributed by atoms with van der Waals surface area (Å²) in [4.78, 5) is 0. The van der Waals surface area contributed by atoms with E-state index in [-0.39, 0.29) is 12.7 Å². The molecule has 0 aliphatic carbocycles. The lowest BCUT2D eigenvalue weighted by atomic mass is 10.1. The minimum absolute atomic E-state index is 0.129. The van der Waals surface area contributed by atoms with Crippen LogP contribution in [0, 0.1) is 0 Å². The van der Waals surface area contributed by atoms with Gasteiger partial charge in [0.25, 0.3) is 0 Å². The zero-order valence-electron chi connectivity index (χ0n) is 10.3. The Morgan fingerprint density at radius 2 is 2.12 bits per heavy atom. The molecule has 4 heteroatoms. The smallest absolute Gasteiger partial charge is 0.125 e. The Morgan fingerprint density at radius 1 is 1.35 bits per heavy atom. The minimum Gasteiger partial charge on any atom is -0.493 e. The van der Waals surface area contributed by atoms with Gasteiger partial charge in [-0.3, -0.25) is 0 Å². The van der Waals surface area contributed by atoms with Crippen LogP contribution in [0.15, 0.2) is 24.3 Å². The second-order valence-electron chi connectivity index (χ2n) is 3.64. The summed E-state index contributed by atoms with van der Waals surface area (Å²) in [7, 11) is 0. The zero-order valence-corrected chi connectivity index (χ0v) is 10.3. The second-order valence-corrected chi connectivity index (χ2v) is 3.64. The maximum atomic E-state index is 8.73. The van der Waals surface area contributed by atoms with Crippen LogP contribution in [-0.2, 0) is 4.74 Å². The summed E-state index contributed by atoms with van der Waals surface area (Å²) in [6, 6.07) is 7.74. The third-order valence-electron chi connectivity index (χ3n) is 2.40. The highest BCUT2D eigenvalue weighted by Gasteiger charge is 2.14. The summed E-state index contributed by atoms with van der Waals surface area (Å²) in [5.74, 6) is 0.814. The lowest BCUT2D eigenvalue weighted by Crippen LogP contribution is -2.17. The van der Waals surface area contributed by atoms with Gasteiger partial charge >= 0.3 is 0 Å². The van der Waals surface area contributed by atoms with Gasteiger partial charge in [-0.15, -0.1) is 0 Å². The van der Waals surface area contributed by atoms with Crippen LogP contribution in [0.4, 0.5) is 0 Å². The molecule has 3 N–H and O–H groups in total. The molecule has 4 nitrogen and oxygen atoms in total. The van der Waals surface area contributed by atoms with Gasteiger partial charge < -0.3 is 20.3 Å². The fraction of sp³-hybridized carbons (Fsp3) is 0.538. The van der Waals surface area contributed by atoms with E-state index in [2.05, 4.69) is 0 Å². The average molecular weight is 239 g/mol. The minimum atomic E-state index is -0.177. The average Bonchev–Trinajstić information content (AvgIpc) is 2.36. The van der Waals surface area contributed by atoms with Crippen molar-refractivity contribution in [1.82, 2.24) is 0 Å². The van der Waals surface area contributed by atoms with Crippen molar-refractivity contribution in [3.05, 3.63) is 29.8 Å². The first-order chi connectivity index (χ1) is 8.33. The predicted octanol–water partition coefficient (Wildman–Crippen LogP) is 1.48. The molecule has 0 saturated heterocycles. The van der Waals surface area contributed by atoms with Crippen molar-refractivity contribution in [3.63, 3.8) is 0 Å². The highest BCUT2D eigenvalue weighted by molar-refractivity contribution is 5.35. The van der Waals surface area contributed by atoms with Crippen LogP contribution < -0.4 is 10.5 Å². The van der Waals surface area contributed by atoms with E-state index in [4.69, 9.17) is 20.3 Å². The first-order valence-electron chi connectivity index (χ1n) is 5.97. The van der Waals surface area contributed by atoms with Crippen LogP contribution >= 0.6 is 0 Å². The molecule has 17 heavy (non-hydrogen) atoms. The van der Waals surface area contributed by atoms with E-state index in [1.165, 1.54) is 0 Å². The molecule has 0 heterocycles. The molecule has 0 amide bonds. The Hall–Kier alpha value is -1.10. The number of rotatable bonds is 8. The predicted molar refractivity (Wildman–Crippen MR) is 67.1 cm³/mol. The van der Waals surface area contributed by atoms with Crippen LogP contribution in [0.1, 0.15) is 25.0 Å². The van der Waals surface area contributed by atoms with Crippen molar-refractivity contribution in [2.24, 2.45) is 5.73 Å². The van der Waals surface area contributed by atoms with Crippen molar-refractivity contribution in [1.29, 1.82) is 0 Å². The fourth-order valence-electron chi connectivity index (χ4n) is 1.61. The Bertz CT molecular complexity index is 317. The molecule has 0 fully saturated rings. The van der Waals surface area contributed by atoms with E-state index in [1.807, 2.05) is 31.2 Å². The van der Waals surface area contributed by atoms with Gasteiger partial charge in [0.1, 0.15) is 5.75 Å². The summed E-state index contributed by atoms with van der Waals surface area (Å²) in [6.45, 7) is 3.59. The van der Waals surface area contributed by atoms with Crippen molar-refractivity contribution in [2.45, 2.75) is 19.4 Å². The Labute approximate surface area is 102 Å². The fourth-order valence-corrected chi connectivity index (χ4v) is 1.61. The Morgan fingerprint density at radius 3 is 2.76 bits per heavy atom. The van der Waals surface area contributed by atoms with E-state index in [9.17, 15) is 0 Å². The van der Waals surface area contributed by atoms with Crippen molar-refractivity contribution in [3.8, 4) is 5.75 Å². The molecule has 0 spiro atoms. The number of aliphatic hydroxyl groups is 1. The van der Waals surface area contributed by atoms with Gasteiger partial charge in [-0.2, -0.15) is 0 Å². The molecule has 0 aromatic heterocycles. The van der Waals surface area contributed by atoms with E-state index < -0.39 is 0 Å². The molecule has 1 aromatic carbocycles. The zero-order chi connectivity index (χ0) is 12.5. The number of benzene rings is 1. The normalized spacial score (nSPS) is 12.4. The van der Waals surface area contributed by atoms with Crippen LogP contribution in [0.5, 0.6) is 5.75 Å². The van der Waals surface area contributed by atoms with Crippen molar-refractivity contribution >= 4 is 0 Å². The number of hydrogen-bond acceptors (Lipinski definition) is 4. The van der Waals surface area contributed by atoms with Gasteiger partial charge in [0.05, 0.1) is 12.7 Å². The highest BCUT2D eigenvalue weighted by Crippen LogP contribution is 2.27. The Balaban J connectivity index is 2.72. The van der Waals surface area contributed by atoms with Crippen LogP contribution in [0.3, 0.4) is 0 Å². The lowest BCUT2D eigenvalue weighted by Gasteiger charge is -2.19. The number of para-hydroxylation sites is 1.